The minimum Gasteiger partial charge on any atom is -0.489 e. The van der Waals surface area contributed by atoms with Gasteiger partial charge in [0.25, 0.3) is 0 Å². The van der Waals surface area contributed by atoms with Crippen LogP contribution < -0.4 is 10.1 Å². The Balaban J connectivity index is 2.60. The van der Waals surface area contributed by atoms with Crippen molar-refractivity contribution in [3.8, 4) is 5.75 Å². The number of amides is 1. The lowest BCUT2D eigenvalue weighted by Gasteiger charge is -2.22. The van der Waals surface area contributed by atoms with Crippen molar-refractivity contribution in [2.24, 2.45) is 5.92 Å². The molecule has 1 aromatic carbocycles. The molecule has 1 atom stereocenters. The lowest BCUT2D eigenvalue weighted by atomic mass is 10.0. The van der Waals surface area contributed by atoms with Gasteiger partial charge in [0.1, 0.15) is 5.75 Å². The largest absolute Gasteiger partial charge is 0.489 e. The summed E-state index contributed by atoms with van der Waals surface area (Å²) >= 11 is 12.1. The van der Waals surface area contributed by atoms with Crippen LogP contribution >= 0.6 is 23.2 Å². The zero-order valence-corrected chi connectivity index (χ0v) is 13.7. The predicted molar refractivity (Wildman–Crippen MR) is 85.6 cm³/mol. The van der Waals surface area contributed by atoms with E-state index in [4.69, 9.17) is 33.0 Å². The first-order chi connectivity index (χ1) is 9.88. The van der Waals surface area contributed by atoms with Gasteiger partial charge < -0.3 is 15.2 Å². The summed E-state index contributed by atoms with van der Waals surface area (Å²) in [7, 11) is 0. The fraction of sp³-hybridized carbons (Fsp3) is 0.533. The fourth-order valence-corrected chi connectivity index (χ4v) is 2.35. The monoisotopic (exact) mass is 333 g/mol. The van der Waals surface area contributed by atoms with Crippen LogP contribution in [0.1, 0.15) is 33.1 Å². The molecule has 1 rings (SSSR count). The van der Waals surface area contributed by atoms with Crippen LogP contribution in [0.5, 0.6) is 5.75 Å². The molecule has 1 amide bonds. The van der Waals surface area contributed by atoms with Crippen molar-refractivity contribution >= 4 is 29.3 Å². The lowest BCUT2D eigenvalue weighted by molar-refractivity contribution is 0.160. The van der Waals surface area contributed by atoms with Crippen molar-refractivity contribution < 1.29 is 14.6 Å². The van der Waals surface area contributed by atoms with Gasteiger partial charge in [-0.25, -0.2) is 4.79 Å². The minimum atomic E-state index is -1.01. The average molecular weight is 334 g/mol. The molecule has 0 heterocycles. The molecule has 0 saturated heterocycles. The van der Waals surface area contributed by atoms with Crippen LogP contribution in [0.25, 0.3) is 0 Å². The molecule has 6 heteroatoms. The number of hydrogen-bond donors (Lipinski definition) is 2. The Kier molecular flexibility index (Phi) is 7.68. The Morgan fingerprint density at radius 2 is 2.10 bits per heavy atom. The molecular formula is C15H21Cl2NO3. The fourth-order valence-electron chi connectivity index (χ4n) is 2.02. The standard InChI is InChI=1S/C15H21Cl2NO3/c1-10(2)8-12(4-3-7-18-15(19)20)21-14-9-11(16)5-6-13(14)17/h5-6,9-10,12,18H,3-4,7-8H2,1-2H3,(H,19,20). The molecule has 1 unspecified atom stereocenters. The maximum absolute atomic E-state index is 10.4. The van der Waals surface area contributed by atoms with Gasteiger partial charge in [0.05, 0.1) is 11.1 Å². The number of benzene rings is 1. The Morgan fingerprint density at radius 3 is 2.71 bits per heavy atom. The van der Waals surface area contributed by atoms with E-state index in [1.54, 1.807) is 18.2 Å². The molecular weight excluding hydrogens is 313 g/mol. The van der Waals surface area contributed by atoms with Crippen LogP contribution in [0, 0.1) is 5.92 Å². The molecule has 0 aliphatic carbocycles. The quantitative estimate of drug-likeness (QED) is 0.669. The zero-order chi connectivity index (χ0) is 15.8. The van der Waals surface area contributed by atoms with Crippen molar-refractivity contribution in [2.75, 3.05) is 6.54 Å². The van der Waals surface area contributed by atoms with Crippen molar-refractivity contribution in [3.63, 3.8) is 0 Å². The molecule has 118 valence electrons. The summed E-state index contributed by atoms with van der Waals surface area (Å²) < 4.78 is 5.95. The Bertz CT molecular complexity index is 466. The molecule has 4 nitrogen and oxygen atoms in total. The third-order valence-corrected chi connectivity index (χ3v) is 3.45. The molecule has 21 heavy (non-hydrogen) atoms. The van der Waals surface area contributed by atoms with Gasteiger partial charge >= 0.3 is 6.09 Å². The van der Waals surface area contributed by atoms with Gasteiger partial charge in [0, 0.05) is 17.6 Å². The van der Waals surface area contributed by atoms with E-state index in [1.165, 1.54) is 0 Å². The maximum Gasteiger partial charge on any atom is 0.404 e. The first-order valence-electron chi connectivity index (χ1n) is 6.97. The first-order valence-corrected chi connectivity index (χ1v) is 7.72. The maximum atomic E-state index is 10.4. The van der Waals surface area contributed by atoms with Gasteiger partial charge in [-0.05, 0) is 37.3 Å². The zero-order valence-electron chi connectivity index (χ0n) is 12.2. The molecule has 0 saturated carbocycles. The molecule has 2 N–H and O–H groups in total. The van der Waals surface area contributed by atoms with Gasteiger partial charge in [-0.3, -0.25) is 0 Å². The summed E-state index contributed by atoms with van der Waals surface area (Å²) in [6, 6.07) is 5.12. The van der Waals surface area contributed by atoms with E-state index in [0.717, 1.165) is 12.8 Å². The van der Waals surface area contributed by atoms with E-state index in [9.17, 15) is 4.79 Å². The lowest BCUT2D eigenvalue weighted by Crippen LogP contribution is -2.25. The molecule has 0 aliphatic rings. The van der Waals surface area contributed by atoms with E-state index in [2.05, 4.69) is 19.2 Å². The van der Waals surface area contributed by atoms with E-state index < -0.39 is 6.09 Å². The highest BCUT2D eigenvalue weighted by Crippen LogP contribution is 2.30. The highest BCUT2D eigenvalue weighted by molar-refractivity contribution is 6.34. The van der Waals surface area contributed by atoms with Crippen molar-refractivity contribution in [1.82, 2.24) is 5.32 Å². The molecule has 1 aromatic rings. The Morgan fingerprint density at radius 1 is 1.38 bits per heavy atom. The molecule has 0 fully saturated rings. The number of rotatable bonds is 8. The number of ether oxygens (including phenoxy) is 1. The van der Waals surface area contributed by atoms with Gasteiger partial charge in [-0.2, -0.15) is 0 Å². The SMILES string of the molecule is CC(C)CC(CCCNC(=O)O)Oc1cc(Cl)ccc1Cl. The Labute approximate surface area is 135 Å². The summed E-state index contributed by atoms with van der Waals surface area (Å²) in [5, 5.41) is 12.0. The highest BCUT2D eigenvalue weighted by Gasteiger charge is 2.15. The van der Waals surface area contributed by atoms with Gasteiger partial charge in [0.2, 0.25) is 0 Å². The predicted octanol–water partition coefficient (Wildman–Crippen LogP) is 4.83. The molecule has 0 aromatic heterocycles. The second-order valence-electron chi connectivity index (χ2n) is 5.32. The summed E-state index contributed by atoms with van der Waals surface area (Å²) in [6.45, 7) is 4.65. The smallest absolute Gasteiger partial charge is 0.404 e. The van der Waals surface area contributed by atoms with Gasteiger partial charge in [-0.15, -0.1) is 0 Å². The second kappa shape index (κ2) is 9.00. The topological polar surface area (TPSA) is 58.6 Å². The van der Waals surface area contributed by atoms with Gasteiger partial charge in [0.15, 0.2) is 0 Å². The van der Waals surface area contributed by atoms with Crippen LogP contribution in [0.4, 0.5) is 4.79 Å². The van der Waals surface area contributed by atoms with Crippen molar-refractivity contribution in [3.05, 3.63) is 28.2 Å². The van der Waals surface area contributed by atoms with Crippen LogP contribution in [-0.4, -0.2) is 23.8 Å². The van der Waals surface area contributed by atoms with Crippen molar-refractivity contribution in [2.45, 2.75) is 39.2 Å². The second-order valence-corrected chi connectivity index (χ2v) is 6.16. The summed E-state index contributed by atoms with van der Waals surface area (Å²) in [6.07, 6.45) is 1.31. The van der Waals surface area contributed by atoms with E-state index >= 15 is 0 Å². The first kappa shape index (κ1) is 17.9. The van der Waals surface area contributed by atoms with Crippen molar-refractivity contribution in [1.29, 1.82) is 0 Å². The number of halogens is 2. The van der Waals surface area contributed by atoms with Gasteiger partial charge in [-0.1, -0.05) is 37.0 Å². The third-order valence-electron chi connectivity index (χ3n) is 2.90. The van der Waals surface area contributed by atoms with E-state index in [1.807, 2.05) is 0 Å². The molecule has 0 bridgehead atoms. The van der Waals surface area contributed by atoms with E-state index in [0.29, 0.717) is 34.7 Å². The van der Waals surface area contributed by atoms with Crippen LogP contribution in [-0.2, 0) is 0 Å². The van der Waals surface area contributed by atoms with E-state index in [-0.39, 0.29) is 6.10 Å². The molecule has 0 aliphatic heterocycles. The summed E-state index contributed by atoms with van der Waals surface area (Å²) in [5.41, 5.74) is 0. The van der Waals surface area contributed by atoms with Crippen LogP contribution in [0.2, 0.25) is 10.0 Å². The Hall–Kier alpha value is -1.13. The third kappa shape index (κ3) is 7.44. The summed E-state index contributed by atoms with van der Waals surface area (Å²) in [5.74, 6) is 1.04. The average Bonchev–Trinajstić information content (AvgIpc) is 2.38. The number of carbonyl (C=O) groups is 1. The number of carboxylic acid groups (broad SMARTS) is 1. The molecule has 0 spiro atoms. The summed E-state index contributed by atoms with van der Waals surface area (Å²) in [4.78, 5) is 10.4. The number of nitrogens with one attached hydrogen (secondary N) is 1. The van der Waals surface area contributed by atoms with Crippen LogP contribution in [0.3, 0.4) is 0 Å². The minimum absolute atomic E-state index is 0.0171. The van der Waals surface area contributed by atoms with Crippen LogP contribution in [0.15, 0.2) is 18.2 Å². The number of hydrogen-bond acceptors (Lipinski definition) is 2. The highest BCUT2D eigenvalue weighted by atomic mass is 35.5. The molecule has 0 radical (unpaired) electrons. The normalized spacial score (nSPS) is 12.2.